The van der Waals surface area contributed by atoms with Crippen molar-refractivity contribution in [2.75, 3.05) is 26.2 Å². The van der Waals surface area contributed by atoms with Crippen molar-refractivity contribution in [2.45, 2.75) is 12.0 Å². The molecule has 0 aromatic heterocycles. The lowest BCUT2D eigenvalue weighted by molar-refractivity contribution is -0.136. The van der Waals surface area contributed by atoms with Crippen LogP contribution < -0.4 is 11.1 Å². The van der Waals surface area contributed by atoms with Crippen LogP contribution in [0.25, 0.3) is 0 Å². The van der Waals surface area contributed by atoms with Gasteiger partial charge in [-0.1, -0.05) is 30.3 Å². The van der Waals surface area contributed by atoms with Gasteiger partial charge >= 0.3 is 0 Å². The smallest absolute Gasteiger partial charge is 0.228 e. The molecule has 3 rings (SSSR count). The average Bonchev–Trinajstić information content (AvgIpc) is 2.70. The van der Waals surface area contributed by atoms with E-state index in [9.17, 15) is 4.79 Å². The molecule has 0 spiro atoms. The number of nitrogens with one attached hydrogen (secondary N) is 1. The van der Waals surface area contributed by atoms with E-state index in [0.717, 1.165) is 19.6 Å². The maximum Gasteiger partial charge on any atom is 0.228 e. The first kappa shape index (κ1) is 17.2. The third-order valence-electron chi connectivity index (χ3n) is 4.04. The lowest BCUT2D eigenvalue weighted by atomic mass is 9.95. The van der Waals surface area contributed by atoms with E-state index >= 15 is 0 Å². The number of rotatable bonds is 2. The number of carbonyl (C=O) groups is 1. The summed E-state index contributed by atoms with van der Waals surface area (Å²) in [5, 5.41) is 3.14. The minimum Gasteiger partial charge on any atom is -0.340 e. The van der Waals surface area contributed by atoms with Gasteiger partial charge in [0.05, 0.1) is 5.92 Å². The fourth-order valence-electron chi connectivity index (χ4n) is 2.78. The minimum absolute atomic E-state index is 0. The zero-order chi connectivity index (χ0) is 12.5. The molecule has 2 atom stereocenters. The SMILES string of the molecule is Cl.Cl.N[C@@H]1CN(C(=O)C2CNC2)C[C@H]1c1ccccc1. The lowest BCUT2D eigenvalue weighted by Crippen LogP contribution is -2.51. The van der Waals surface area contributed by atoms with Gasteiger partial charge in [-0.25, -0.2) is 0 Å². The van der Waals surface area contributed by atoms with Crippen molar-refractivity contribution < 1.29 is 4.79 Å². The molecular weight excluding hydrogens is 297 g/mol. The monoisotopic (exact) mass is 317 g/mol. The normalized spacial score (nSPS) is 25.4. The van der Waals surface area contributed by atoms with E-state index in [1.165, 1.54) is 5.56 Å². The maximum absolute atomic E-state index is 12.2. The van der Waals surface area contributed by atoms with E-state index < -0.39 is 0 Å². The van der Waals surface area contributed by atoms with Gasteiger partial charge in [-0.15, -0.1) is 24.8 Å². The van der Waals surface area contributed by atoms with Gasteiger partial charge in [0, 0.05) is 38.1 Å². The Bertz CT molecular complexity index is 439. The lowest BCUT2D eigenvalue weighted by Gasteiger charge is -2.30. The number of amides is 1. The van der Waals surface area contributed by atoms with Crippen LogP contribution in [-0.4, -0.2) is 43.0 Å². The number of halogens is 2. The molecule has 4 nitrogen and oxygen atoms in total. The first-order chi connectivity index (χ1) is 8.75. The summed E-state index contributed by atoms with van der Waals surface area (Å²) in [6.45, 7) is 3.09. The topological polar surface area (TPSA) is 58.4 Å². The van der Waals surface area contributed by atoms with Crippen LogP contribution in [0.15, 0.2) is 30.3 Å². The molecule has 0 bridgehead atoms. The number of hydrogen-bond acceptors (Lipinski definition) is 3. The third-order valence-corrected chi connectivity index (χ3v) is 4.04. The Morgan fingerprint density at radius 1 is 1.15 bits per heavy atom. The van der Waals surface area contributed by atoms with Crippen LogP contribution in [0.1, 0.15) is 11.5 Å². The molecule has 0 aliphatic carbocycles. The molecule has 2 aliphatic rings. The van der Waals surface area contributed by atoms with Crippen molar-refractivity contribution in [2.24, 2.45) is 11.7 Å². The number of hydrogen-bond donors (Lipinski definition) is 2. The van der Waals surface area contributed by atoms with Crippen molar-refractivity contribution in [3.05, 3.63) is 35.9 Å². The molecule has 2 aliphatic heterocycles. The van der Waals surface area contributed by atoms with Crippen molar-refractivity contribution in [1.29, 1.82) is 0 Å². The third kappa shape index (κ3) is 3.26. The average molecular weight is 318 g/mol. The molecule has 6 heteroatoms. The Balaban J connectivity index is 0.000001000. The van der Waals surface area contributed by atoms with Crippen LogP contribution in [-0.2, 0) is 4.79 Å². The molecule has 0 radical (unpaired) electrons. The van der Waals surface area contributed by atoms with Gasteiger partial charge in [-0.05, 0) is 5.56 Å². The van der Waals surface area contributed by atoms with Crippen LogP contribution in [0.2, 0.25) is 0 Å². The van der Waals surface area contributed by atoms with Gasteiger partial charge in [0.15, 0.2) is 0 Å². The van der Waals surface area contributed by atoms with Crippen molar-refractivity contribution in [1.82, 2.24) is 10.2 Å². The molecule has 2 heterocycles. The number of likely N-dealkylation sites (tertiary alicyclic amines) is 1. The second kappa shape index (κ2) is 7.27. The molecule has 112 valence electrons. The molecule has 2 fully saturated rings. The Hall–Kier alpha value is -0.810. The predicted molar refractivity (Wildman–Crippen MR) is 84.6 cm³/mol. The highest BCUT2D eigenvalue weighted by Gasteiger charge is 2.37. The summed E-state index contributed by atoms with van der Waals surface area (Å²) >= 11 is 0. The van der Waals surface area contributed by atoms with Crippen LogP contribution >= 0.6 is 24.8 Å². The molecule has 1 aromatic carbocycles. The van der Waals surface area contributed by atoms with Gasteiger partial charge in [-0.2, -0.15) is 0 Å². The van der Waals surface area contributed by atoms with Crippen molar-refractivity contribution in [3.63, 3.8) is 0 Å². The highest BCUT2D eigenvalue weighted by atomic mass is 35.5. The van der Waals surface area contributed by atoms with Gasteiger partial charge in [0.2, 0.25) is 5.91 Å². The van der Waals surface area contributed by atoms with Crippen molar-refractivity contribution in [3.8, 4) is 0 Å². The second-order valence-electron chi connectivity index (χ2n) is 5.28. The Morgan fingerprint density at radius 2 is 1.80 bits per heavy atom. The summed E-state index contributed by atoms with van der Waals surface area (Å²) in [6, 6.07) is 10.3. The summed E-state index contributed by atoms with van der Waals surface area (Å²) in [5.41, 5.74) is 7.43. The van der Waals surface area contributed by atoms with Gasteiger partial charge < -0.3 is 16.0 Å². The van der Waals surface area contributed by atoms with Crippen LogP contribution in [0.5, 0.6) is 0 Å². The van der Waals surface area contributed by atoms with Crippen molar-refractivity contribution >= 4 is 30.7 Å². The maximum atomic E-state index is 12.2. The zero-order valence-electron chi connectivity index (χ0n) is 11.2. The van der Waals surface area contributed by atoms with Gasteiger partial charge in [0.25, 0.3) is 0 Å². The van der Waals surface area contributed by atoms with Gasteiger partial charge in [-0.3, -0.25) is 4.79 Å². The van der Waals surface area contributed by atoms with E-state index in [4.69, 9.17) is 5.73 Å². The van der Waals surface area contributed by atoms with Crippen LogP contribution in [0.4, 0.5) is 0 Å². The molecule has 20 heavy (non-hydrogen) atoms. The summed E-state index contributed by atoms with van der Waals surface area (Å²) in [5.74, 6) is 0.720. The standard InChI is InChI=1S/C14H19N3O.2ClH/c15-13-9-17(14(18)11-6-16-7-11)8-12(13)10-4-2-1-3-5-10;;/h1-5,11-13,16H,6-9,15H2;2*1H/t12-,13+;;/m0../s1. The van der Waals surface area contributed by atoms with E-state index in [1.807, 2.05) is 23.1 Å². The molecule has 2 saturated heterocycles. The summed E-state index contributed by atoms with van der Waals surface area (Å²) in [7, 11) is 0. The van der Waals surface area contributed by atoms with Gasteiger partial charge in [0.1, 0.15) is 0 Å². The fraction of sp³-hybridized carbons (Fsp3) is 0.500. The number of benzene rings is 1. The zero-order valence-corrected chi connectivity index (χ0v) is 12.8. The predicted octanol–water partition coefficient (Wildman–Crippen LogP) is 1.00. The Kier molecular flexibility index (Phi) is 6.27. The quantitative estimate of drug-likeness (QED) is 0.855. The highest BCUT2D eigenvalue weighted by molar-refractivity contribution is 5.85. The summed E-state index contributed by atoms with van der Waals surface area (Å²) in [6.07, 6.45) is 0. The summed E-state index contributed by atoms with van der Waals surface area (Å²) in [4.78, 5) is 14.1. The highest BCUT2D eigenvalue weighted by Crippen LogP contribution is 2.27. The minimum atomic E-state index is 0. The van der Waals surface area contributed by atoms with E-state index in [1.54, 1.807) is 0 Å². The van der Waals surface area contributed by atoms with Crippen LogP contribution in [0, 0.1) is 5.92 Å². The number of nitrogens with two attached hydrogens (primary N) is 1. The molecule has 1 aromatic rings. The van der Waals surface area contributed by atoms with E-state index in [-0.39, 0.29) is 48.6 Å². The molecule has 3 N–H and O–H groups in total. The molecule has 0 unspecified atom stereocenters. The fourth-order valence-corrected chi connectivity index (χ4v) is 2.78. The Morgan fingerprint density at radius 3 is 2.35 bits per heavy atom. The summed E-state index contributed by atoms with van der Waals surface area (Å²) < 4.78 is 0. The Labute approximate surface area is 131 Å². The van der Waals surface area contributed by atoms with E-state index in [0.29, 0.717) is 6.54 Å². The molecule has 0 saturated carbocycles. The largest absolute Gasteiger partial charge is 0.340 e. The number of carbonyl (C=O) groups excluding carboxylic acids is 1. The second-order valence-corrected chi connectivity index (χ2v) is 5.28. The number of nitrogens with zero attached hydrogens (tertiary/aromatic N) is 1. The first-order valence-corrected chi connectivity index (χ1v) is 6.55. The first-order valence-electron chi connectivity index (χ1n) is 6.55. The van der Waals surface area contributed by atoms with Crippen LogP contribution in [0.3, 0.4) is 0 Å². The molecular formula is C14H21Cl2N3O. The molecule has 1 amide bonds. The van der Waals surface area contributed by atoms with E-state index in [2.05, 4.69) is 17.4 Å².